The molecule has 25 heavy (non-hydrogen) atoms. The second kappa shape index (κ2) is 7.97. The fourth-order valence-electron chi connectivity index (χ4n) is 3.00. The highest BCUT2D eigenvalue weighted by Crippen LogP contribution is 2.20. The second-order valence-corrected chi connectivity index (χ2v) is 6.46. The third-order valence-corrected chi connectivity index (χ3v) is 4.61. The molecule has 1 N–H and O–H groups in total. The fourth-order valence-corrected chi connectivity index (χ4v) is 3.00. The van der Waals surface area contributed by atoms with E-state index in [2.05, 4.69) is 24.4 Å². The number of anilines is 1. The van der Waals surface area contributed by atoms with Crippen molar-refractivity contribution in [2.45, 2.75) is 45.3 Å². The van der Waals surface area contributed by atoms with E-state index in [4.69, 9.17) is 4.74 Å². The third-order valence-electron chi connectivity index (χ3n) is 4.61. The van der Waals surface area contributed by atoms with Gasteiger partial charge in [0.2, 0.25) is 0 Å². The highest BCUT2D eigenvalue weighted by atomic mass is 16.5. The number of nitrogens with one attached hydrogen (secondary N) is 1. The number of ether oxygens (including phenoxy) is 1. The second-order valence-electron chi connectivity index (χ2n) is 6.46. The molecule has 2 aromatic carbocycles. The lowest BCUT2D eigenvalue weighted by molar-refractivity contribution is -0.129. The highest BCUT2D eigenvalue weighted by molar-refractivity contribution is 5.93. The highest BCUT2D eigenvalue weighted by Gasteiger charge is 2.26. The van der Waals surface area contributed by atoms with Crippen LogP contribution in [0.1, 0.15) is 47.2 Å². The molecular weight excluding hydrogens is 314 g/mol. The van der Waals surface area contributed by atoms with Crippen LogP contribution in [0.2, 0.25) is 0 Å². The number of carbonyl (C=O) groups excluding carboxylic acids is 2. The number of carbonyl (C=O) groups is 2. The van der Waals surface area contributed by atoms with Crippen LogP contribution in [0.4, 0.5) is 5.69 Å². The molecule has 1 saturated carbocycles. The van der Waals surface area contributed by atoms with Crippen LogP contribution in [0.3, 0.4) is 0 Å². The zero-order chi connectivity index (χ0) is 17.6. The van der Waals surface area contributed by atoms with Gasteiger partial charge in [0.15, 0.2) is 11.9 Å². The van der Waals surface area contributed by atoms with Crippen molar-refractivity contribution in [3.05, 3.63) is 65.2 Å². The normalized spacial score (nSPS) is 17.2. The fraction of sp³-hybridized carbons (Fsp3) is 0.333. The van der Waals surface area contributed by atoms with Gasteiger partial charge >= 0.3 is 5.97 Å². The van der Waals surface area contributed by atoms with E-state index < -0.39 is 12.1 Å². The summed E-state index contributed by atoms with van der Waals surface area (Å²) in [6.45, 7) is 2.82. The van der Waals surface area contributed by atoms with Crippen LogP contribution in [0, 0.1) is 6.92 Å². The lowest BCUT2D eigenvalue weighted by Gasteiger charge is -2.20. The molecule has 0 saturated heterocycles. The van der Waals surface area contributed by atoms with Crippen molar-refractivity contribution >= 4 is 17.4 Å². The van der Waals surface area contributed by atoms with Crippen molar-refractivity contribution in [2.24, 2.45) is 0 Å². The van der Waals surface area contributed by atoms with Crippen molar-refractivity contribution in [3.63, 3.8) is 0 Å². The Balaban J connectivity index is 1.57. The lowest BCUT2D eigenvalue weighted by Crippen LogP contribution is -2.30. The Bertz CT molecular complexity index is 752. The van der Waals surface area contributed by atoms with Gasteiger partial charge < -0.3 is 10.1 Å². The van der Waals surface area contributed by atoms with Crippen molar-refractivity contribution < 1.29 is 14.3 Å². The van der Waals surface area contributed by atoms with E-state index in [0.717, 1.165) is 25.1 Å². The minimum Gasteiger partial charge on any atom is -0.451 e. The number of benzene rings is 2. The molecule has 3 rings (SSSR count). The first-order chi connectivity index (χ1) is 12.1. The van der Waals surface area contributed by atoms with Crippen molar-refractivity contribution in [1.29, 1.82) is 0 Å². The molecule has 0 spiro atoms. The molecule has 0 aliphatic heterocycles. The lowest BCUT2D eigenvalue weighted by atomic mass is 9.96. The van der Waals surface area contributed by atoms with Gasteiger partial charge in [0.05, 0.1) is 5.56 Å². The van der Waals surface area contributed by atoms with Crippen LogP contribution < -0.4 is 5.32 Å². The Morgan fingerprint density at radius 3 is 2.60 bits per heavy atom. The van der Waals surface area contributed by atoms with Crippen LogP contribution in [0.25, 0.3) is 0 Å². The molecule has 0 amide bonds. The van der Waals surface area contributed by atoms with E-state index in [1.807, 2.05) is 24.3 Å². The monoisotopic (exact) mass is 337 g/mol. The zero-order valence-corrected chi connectivity index (χ0v) is 14.5. The van der Waals surface area contributed by atoms with E-state index in [-0.39, 0.29) is 5.78 Å². The third kappa shape index (κ3) is 4.47. The molecule has 1 aliphatic rings. The number of esters is 1. The maximum Gasteiger partial charge on any atom is 0.338 e. The molecule has 0 heterocycles. The smallest absolute Gasteiger partial charge is 0.338 e. The predicted molar refractivity (Wildman–Crippen MR) is 97.6 cm³/mol. The van der Waals surface area contributed by atoms with Gasteiger partial charge in [0.25, 0.3) is 0 Å². The first-order valence-electron chi connectivity index (χ1n) is 8.75. The van der Waals surface area contributed by atoms with E-state index in [1.54, 1.807) is 12.1 Å². The number of rotatable bonds is 5. The van der Waals surface area contributed by atoms with E-state index >= 15 is 0 Å². The number of hydrogen-bond donors (Lipinski definition) is 1. The summed E-state index contributed by atoms with van der Waals surface area (Å²) in [7, 11) is 0. The summed E-state index contributed by atoms with van der Waals surface area (Å²) < 4.78 is 5.37. The SMILES string of the molecule is Cc1ccccc1CNc1ccc(C(=O)OC2CCCCC2=O)cc1. The molecule has 130 valence electrons. The minimum absolute atomic E-state index is 0.0381. The molecule has 1 unspecified atom stereocenters. The maximum absolute atomic E-state index is 12.2. The van der Waals surface area contributed by atoms with E-state index in [1.165, 1.54) is 11.1 Å². The summed E-state index contributed by atoms with van der Waals surface area (Å²) in [5.74, 6) is -0.387. The summed E-state index contributed by atoms with van der Waals surface area (Å²) in [5, 5.41) is 3.35. The Hall–Kier alpha value is -2.62. The predicted octanol–water partition coefficient (Wildman–Crippen LogP) is 4.28. The van der Waals surface area contributed by atoms with E-state index in [9.17, 15) is 9.59 Å². The molecule has 1 fully saturated rings. The summed E-state index contributed by atoms with van der Waals surface area (Å²) in [4.78, 5) is 24.0. The standard InChI is InChI=1S/C21H23NO3/c1-15-6-2-3-7-17(15)14-22-18-12-10-16(11-13-18)21(24)25-20-9-5-4-8-19(20)23/h2-3,6-7,10-13,20,22H,4-5,8-9,14H2,1H3. The van der Waals surface area contributed by atoms with Crippen molar-refractivity contribution in [2.75, 3.05) is 5.32 Å². The van der Waals surface area contributed by atoms with Gasteiger partial charge in [-0.25, -0.2) is 4.79 Å². The topological polar surface area (TPSA) is 55.4 Å². The van der Waals surface area contributed by atoms with Crippen LogP contribution in [0.5, 0.6) is 0 Å². The van der Waals surface area contributed by atoms with Crippen LogP contribution in [-0.4, -0.2) is 17.9 Å². The van der Waals surface area contributed by atoms with Gasteiger partial charge in [0, 0.05) is 18.7 Å². The van der Waals surface area contributed by atoms with Crippen LogP contribution >= 0.6 is 0 Å². The molecule has 0 bridgehead atoms. The van der Waals surface area contributed by atoms with Crippen molar-refractivity contribution in [1.82, 2.24) is 0 Å². The first kappa shape index (κ1) is 17.2. The van der Waals surface area contributed by atoms with Gasteiger partial charge in [-0.15, -0.1) is 0 Å². The Morgan fingerprint density at radius 2 is 1.88 bits per heavy atom. The molecular formula is C21H23NO3. The summed E-state index contributed by atoms with van der Waals surface area (Å²) in [6.07, 6.45) is 2.42. The summed E-state index contributed by atoms with van der Waals surface area (Å²) in [5.41, 5.74) is 3.89. The van der Waals surface area contributed by atoms with E-state index in [0.29, 0.717) is 18.4 Å². The first-order valence-corrected chi connectivity index (χ1v) is 8.75. The van der Waals surface area contributed by atoms with Gasteiger partial charge in [0.1, 0.15) is 0 Å². The molecule has 0 aromatic heterocycles. The molecule has 4 nitrogen and oxygen atoms in total. The van der Waals surface area contributed by atoms with Gasteiger partial charge in [-0.05, 0) is 61.6 Å². The van der Waals surface area contributed by atoms with Gasteiger partial charge in [-0.3, -0.25) is 4.79 Å². The Kier molecular flexibility index (Phi) is 5.49. The number of aryl methyl sites for hydroxylation is 1. The zero-order valence-electron chi connectivity index (χ0n) is 14.5. The van der Waals surface area contributed by atoms with Crippen LogP contribution in [0.15, 0.2) is 48.5 Å². The number of hydrogen-bond acceptors (Lipinski definition) is 4. The maximum atomic E-state index is 12.2. The largest absolute Gasteiger partial charge is 0.451 e. The summed E-state index contributed by atoms with van der Waals surface area (Å²) in [6, 6.07) is 15.4. The van der Waals surface area contributed by atoms with Gasteiger partial charge in [-0.2, -0.15) is 0 Å². The summed E-state index contributed by atoms with van der Waals surface area (Å²) >= 11 is 0. The molecule has 0 radical (unpaired) electrons. The Morgan fingerprint density at radius 1 is 1.12 bits per heavy atom. The minimum atomic E-state index is -0.569. The van der Waals surface area contributed by atoms with Crippen LogP contribution in [-0.2, 0) is 16.1 Å². The average Bonchev–Trinajstić information content (AvgIpc) is 2.63. The number of ketones is 1. The quantitative estimate of drug-likeness (QED) is 0.828. The molecule has 4 heteroatoms. The van der Waals surface area contributed by atoms with Crippen molar-refractivity contribution in [3.8, 4) is 0 Å². The molecule has 1 atom stereocenters. The average molecular weight is 337 g/mol. The molecule has 2 aromatic rings. The Labute approximate surface area is 148 Å². The number of Topliss-reactive ketones (excluding diaryl/α,β-unsaturated/α-hetero) is 1. The van der Waals surface area contributed by atoms with Gasteiger partial charge in [-0.1, -0.05) is 24.3 Å². The molecule has 1 aliphatic carbocycles.